The molecule has 0 aliphatic rings. The van der Waals surface area contributed by atoms with Gasteiger partial charge in [-0.2, -0.15) is 0 Å². The van der Waals surface area contributed by atoms with Crippen LogP contribution in [0.1, 0.15) is 20.7 Å². The van der Waals surface area contributed by atoms with Crippen LogP contribution in [-0.4, -0.2) is 52.5 Å². The fourth-order valence-corrected chi connectivity index (χ4v) is 2.17. The molecule has 0 bridgehead atoms. The molecular weight excluding hydrogens is 308 g/mol. The summed E-state index contributed by atoms with van der Waals surface area (Å²) < 4.78 is 29.5. The lowest BCUT2D eigenvalue weighted by molar-refractivity contribution is 0.0600. The quantitative estimate of drug-likeness (QED) is 0.468. The Morgan fingerprint density at radius 1 is 1.14 bits per heavy atom. The van der Waals surface area contributed by atoms with Crippen molar-refractivity contribution in [1.82, 2.24) is 9.62 Å². The predicted octanol–water partition coefficient (Wildman–Crippen LogP) is 0.608. The van der Waals surface area contributed by atoms with Crippen molar-refractivity contribution in [2.24, 2.45) is 0 Å². The molecule has 0 unspecified atom stereocenters. The lowest BCUT2D eigenvalue weighted by Gasteiger charge is -2.12. The van der Waals surface area contributed by atoms with Gasteiger partial charge in [-0.3, -0.25) is 9.52 Å². The Labute approximate surface area is 129 Å². The van der Waals surface area contributed by atoms with Gasteiger partial charge in [0.05, 0.1) is 18.9 Å². The third-order valence-corrected chi connectivity index (χ3v) is 3.09. The van der Waals surface area contributed by atoms with Crippen LogP contribution in [0.25, 0.3) is 0 Å². The number of rotatable bonds is 6. The highest BCUT2D eigenvalue weighted by molar-refractivity contribution is 7.88. The molecule has 0 saturated heterocycles. The van der Waals surface area contributed by atoms with E-state index in [0.29, 0.717) is 5.56 Å². The molecular formula is C14H18N2O5S. The molecule has 1 rings (SSSR count). The number of carbonyl (C=O) groups excluding carboxylic acids is 2. The largest absolute Gasteiger partial charge is 0.465 e. The van der Waals surface area contributed by atoms with Gasteiger partial charge in [0, 0.05) is 25.9 Å². The van der Waals surface area contributed by atoms with E-state index >= 15 is 0 Å². The summed E-state index contributed by atoms with van der Waals surface area (Å²) in [6.45, 7) is 0. The van der Waals surface area contributed by atoms with E-state index in [9.17, 15) is 18.0 Å². The Morgan fingerprint density at radius 2 is 1.64 bits per heavy atom. The van der Waals surface area contributed by atoms with Crippen LogP contribution < -0.4 is 4.72 Å². The summed E-state index contributed by atoms with van der Waals surface area (Å²) in [5.41, 5.74) is 0.462. The molecule has 0 radical (unpaired) electrons. The highest BCUT2D eigenvalue weighted by Gasteiger charge is 2.17. The number of esters is 1. The van der Waals surface area contributed by atoms with Crippen molar-refractivity contribution >= 4 is 21.8 Å². The van der Waals surface area contributed by atoms with Crippen LogP contribution >= 0.6 is 0 Å². The maximum atomic E-state index is 12.4. The first-order valence-electron chi connectivity index (χ1n) is 6.23. The number of allylic oxidation sites excluding steroid dienone is 1. The fourth-order valence-electron chi connectivity index (χ4n) is 1.62. The second-order valence-corrected chi connectivity index (χ2v) is 6.53. The van der Waals surface area contributed by atoms with E-state index in [1.54, 1.807) is 19.0 Å². The highest BCUT2D eigenvalue weighted by atomic mass is 32.2. The smallest absolute Gasteiger partial charge is 0.337 e. The summed E-state index contributed by atoms with van der Waals surface area (Å²) in [4.78, 5) is 25.3. The molecule has 0 heterocycles. The minimum atomic E-state index is -3.59. The third kappa shape index (κ3) is 5.21. The standard InChI is InChI=1S/C14H18N2O5S/c1-16(2)9-12(15-22(4,19)20)13(17)10-5-7-11(8-6-10)14(18)21-3/h5-9,15H,1-4H3/b12-9-. The number of nitrogens with zero attached hydrogens (tertiary/aromatic N) is 1. The van der Waals surface area contributed by atoms with Gasteiger partial charge in [-0.25, -0.2) is 13.2 Å². The molecule has 1 aromatic carbocycles. The molecule has 7 nitrogen and oxygen atoms in total. The van der Waals surface area contributed by atoms with Gasteiger partial charge in [0.25, 0.3) is 0 Å². The summed E-state index contributed by atoms with van der Waals surface area (Å²) in [6.07, 6.45) is 2.34. The number of sulfonamides is 1. The lowest BCUT2D eigenvalue weighted by Crippen LogP contribution is -2.28. The number of ketones is 1. The molecule has 22 heavy (non-hydrogen) atoms. The van der Waals surface area contributed by atoms with Gasteiger partial charge >= 0.3 is 5.97 Å². The SMILES string of the molecule is COC(=O)c1ccc(C(=O)/C(=C/N(C)C)NS(C)(=O)=O)cc1. The minimum Gasteiger partial charge on any atom is -0.465 e. The van der Waals surface area contributed by atoms with Gasteiger partial charge < -0.3 is 9.64 Å². The fraction of sp³-hybridized carbons (Fsp3) is 0.286. The number of Topliss-reactive ketones (excluding diaryl/α,β-unsaturated/α-hetero) is 1. The second kappa shape index (κ2) is 7.08. The van der Waals surface area contributed by atoms with Crippen LogP contribution in [0.5, 0.6) is 0 Å². The van der Waals surface area contributed by atoms with E-state index in [0.717, 1.165) is 6.26 Å². The number of benzene rings is 1. The molecule has 120 valence electrons. The lowest BCUT2D eigenvalue weighted by atomic mass is 10.1. The topological polar surface area (TPSA) is 92.8 Å². The molecule has 1 aromatic rings. The van der Waals surface area contributed by atoms with Crippen LogP contribution in [0.3, 0.4) is 0 Å². The van der Waals surface area contributed by atoms with Crippen molar-refractivity contribution in [3.63, 3.8) is 0 Å². The minimum absolute atomic E-state index is 0.0849. The molecule has 0 saturated carbocycles. The van der Waals surface area contributed by atoms with Crippen molar-refractivity contribution in [2.45, 2.75) is 0 Å². The molecule has 0 aliphatic heterocycles. The maximum absolute atomic E-state index is 12.4. The van der Waals surface area contributed by atoms with Crippen molar-refractivity contribution in [1.29, 1.82) is 0 Å². The number of hydrogen-bond acceptors (Lipinski definition) is 6. The van der Waals surface area contributed by atoms with Crippen molar-refractivity contribution in [2.75, 3.05) is 27.5 Å². The number of nitrogens with one attached hydrogen (secondary N) is 1. The summed E-state index contributed by atoms with van der Waals surface area (Å²) >= 11 is 0. The second-order valence-electron chi connectivity index (χ2n) is 4.78. The molecule has 0 fully saturated rings. The Bertz CT molecular complexity index is 690. The van der Waals surface area contributed by atoms with Crippen LogP contribution in [0, 0.1) is 0 Å². The number of hydrogen-bond donors (Lipinski definition) is 1. The number of carbonyl (C=O) groups is 2. The Morgan fingerprint density at radius 3 is 2.05 bits per heavy atom. The summed E-state index contributed by atoms with van der Waals surface area (Å²) in [6, 6.07) is 5.74. The van der Waals surface area contributed by atoms with Crippen LogP contribution in [-0.2, 0) is 14.8 Å². The van der Waals surface area contributed by atoms with Crippen molar-refractivity contribution < 1.29 is 22.7 Å². The van der Waals surface area contributed by atoms with Gasteiger partial charge in [0.1, 0.15) is 5.70 Å². The Balaban J connectivity index is 3.12. The Kier molecular flexibility index (Phi) is 5.69. The normalized spacial score (nSPS) is 11.7. The number of methoxy groups -OCH3 is 1. The zero-order chi connectivity index (χ0) is 16.9. The van der Waals surface area contributed by atoms with Gasteiger partial charge in [-0.05, 0) is 12.1 Å². The average molecular weight is 326 g/mol. The summed E-state index contributed by atoms with van der Waals surface area (Å²) in [7, 11) is 1.00. The van der Waals surface area contributed by atoms with Gasteiger partial charge in [-0.15, -0.1) is 0 Å². The third-order valence-electron chi connectivity index (χ3n) is 2.50. The average Bonchev–Trinajstić information content (AvgIpc) is 2.43. The monoisotopic (exact) mass is 326 g/mol. The van der Waals surface area contributed by atoms with E-state index in [4.69, 9.17) is 0 Å². The van der Waals surface area contributed by atoms with Crippen LogP contribution in [0.4, 0.5) is 0 Å². The van der Waals surface area contributed by atoms with Gasteiger partial charge in [0.15, 0.2) is 0 Å². The van der Waals surface area contributed by atoms with E-state index in [-0.39, 0.29) is 11.3 Å². The van der Waals surface area contributed by atoms with E-state index < -0.39 is 21.8 Å². The highest BCUT2D eigenvalue weighted by Crippen LogP contribution is 2.11. The van der Waals surface area contributed by atoms with Crippen LogP contribution in [0.2, 0.25) is 0 Å². The first kappa shape index (κ1) is 17.7. The Hall–Kier alpha value is -2.35. The number of ether oxygens (including phenoxy) is 1. The predicted molar refractivity (Wildman–Crippen MR) is 81.9 cm³/mol. The molecule has 8 heteroatoms. The van der Waals surface area contributed by atoms with Gasteiger partial charge in [0.2, 0.25) is 15.8 Å². The first-order chi connectivity index (χ1) is 10.1. The van der Waals surface area contributed by atoms with Crippen molar-refractivity contribution in [3.05, 3.63) is 47.3 Å². The first-order valence-corrected chi connectivity index (χ1v) is 8.12. The van der Waals surface area contributed by atoms with E-state index in [1.165, 1.54) is 37.6 Å². The summed E-state index contributed by atoms with van der Waals surface area (Å²) in [5.74, 6) is -1.02. The summed E-state index contributed by atoms with van der Waals surface area (Å²) in [5, 5.41) is 0. The van der Waals surface area contributed by atoms with Gasteiger partial charge in [-0.1, -0.05) is 12.1 Å². The van der Waals surface area contributed by atoms with Crippen molar-refractivity contribution in [3.8, 4) is 0 Å². The van der Waals surface area contributed by atoms with E-state index in [1.807, 2.05) is 0 Å². The molecule has 0 atom stereocenters. The van der Waals surface area contributed by atoms with Crippen LogP contribution in [0.15, 0.2) is 36.2 Å². The maximum Gasteiger partial charge on any atom is 0.337 e. The molecule has 0 spiro atoms. The molecule has 1 N–H and O–H groups in total. The van der Waals surface area contributed by atoms with E-state index in [2.05, 4.69) is 9.46 Å². The zero-order valence-electron chi connectivity index (χ0n) is 12.8. The molecule has 0 amide bonds. The zero-order valence-corrected chi connectivity index (χ0v) is 13.6. The molecule has 0 aliphatic carbocycles. The molecule has 0 aromatic heterocycles.